The highest BCUT2D eigenvalue weighted by molar-refractivity contribution is 5.78. The van der Waals surface area contributed by atoms with Crippen LogP contribution in [0.25, 0.3) is 0 Å². The molecule has 1 aromatic rings. The van der Waals surface area contributed by atoms with Gasteiger partial charge in [0.15, 0.2) is 0 Å². The van der Waals surface area contributed by atoms with Gasteiger partial charge in [-0.05, 0) is 30.5 Å². The van der Waals surface area contributed by atoms with Crippen LogP contribution in [0.5, 0.6) is 0 Å². The predicted octanol–water partition coefficient (Wildman–Crippen LogP) is 2.39. The zero-order valence-electron chi connectivity index (χ0n) is 10.2. The van der Waals surface area contributed by atoms with Gasteiger partial charge < -0.3 is 10.4 Å². The number of nitriles is 1. The lowest BCUT2D eigenvalue weighted by Gasteiger charge is -2.20. The molecule has 2 N–H and O–H groups in total. The molecule has 17 heavy (non-hydrogen) atoms. The Kier molecular flexibility index (Phi) is 4.11. The lowest BCUT2D eigenvalue weighted by Crippen LogP contribution is -2.34. The first-order valence-electron chi connectivity index (χ1n) is 5.45. The molecule has 0 saturated carbocycles. The number of carbonyl (C=O) groups is 1. The Labute approximate surface area is 101 Å². The molecule has 90 valence electrons. The third kappa shape index (κ3) is 3.22. The van der Waals surface area contributed by atoms with Crippen molar-refractivity contribution in [2.24, 2.45) is 5.92 Å². The van der Waals surface area contributed by atoms with Gasteiger partial charge in [0.1, 0.15) is 6.04 Å². The van der Waals surface area contributed by atoms with Crippen molar-refractivity contribution in [2.75, 3.05) is 5.32 Å². The smallest absolute Gasteiger partial charge is 0.326 e. The Morgan fingerprint density at radius 3 is 2.59 bits per heavy atom. The SMILES string of the molecule is Cc1ccc(C#N)cc1NC(C(=O)O)C(C)C. The van der Waals surface area contributed by atoms with Crippen LogP contribution in [0.15, 0.2) is 18.2 Å². The van der Waals surface area contributed by atoms with Gasteiger partial charge in [-0.1, -0.05) is 19.9 Å². The van der Waals surface area contributed by atoms with E-state index in [1.807, 2.05) is 26.8 Å². The van der Waals surface area contributed by atoms with E-state index >= 15 is 0 Å². The summed E-state index contributed by atoms with van der Waals surface area (Å²) in [7, 11) is 0. The molecule has 0 heterocycles. The van der Waals surface area contributed by atoms with Crippen molar-refractivity contribution in [3.05, 3.63) is 29.3 Å². The van der Waals surface area contributed by atoms with Crippen molar-refractivity contribution in [3.63, 3.8) is 0 Å². The Hall–Kier alpha value is -2.02. The highest BCUT2D eigenvalue weighted by Gasteiger charge is 2.21. The maximum Gasteiger partial charge on any atom is 0.326 e. The number of carboxylic acid groups (broad SMARTS) is 1. The minimum atomic E-state index is -0.887. The first kappa shape index (κ1) is 13.0. The number of hydrogen-bond acceptors (Lipinski definition) is 3. The van der Waals surface area contributed by atoms with E-state index in [0.717, 1.165) is 5.56 Å². The van der Waals surface area contributed by atoms with E-state index in [1.165, 1.54) is 0 Å². The minimum absolute atomic E-state index is 0.0300. The molecule has 1 rings (SSSR count). The average molecular weight is 232 g/mol. The summed E-state index contributed by atoms with van der Waals surface area (Å²) in [6.07, 6.45) is 0. The molecule has 0 fully saturated rings. The molecule has 0 spiro atoms. The van der Waals surface area contributed by atoms with Gasteiger partial charge in [0.05, 0.1) is 11.6 Å². The Balaban J connectivity index is 3.01. The van der Waals surface area contributed by atoms with Crippen molar-refractivity contribution < 1.29 is 9.90 Å². The Morgan fingerprint density at radius 1 is 1.47 bits per heavy atom. The average Bonchev–Trinajstić information content (AvgIpc) is 2.27. The van der Waals surface area contributed by atoms with Crippen molar-refractivity contribution in [1.82, 2.24) is 0 Å². The molecule has 1 unspecified atom stereocenters. The van der Waals surface area contributed by atoms with Crippen LogP contribution in [-0.4, -0.2) is 17.1 Å². The van der Waals surface area contributed by atoms with E-state index in [1.54, 1.807) is 18.2 Å². The molecular weight excluding hydrogens is 216 g/mol. The van der Waals surface area contributed by atoms with Crippen LogP contribution in [0, 0.1) is 24.2 Å². The molecule has 0 bridgehead atoms. The number of aryl methyl sites for hydroxylation is 1. The fraction of sp³-hybridized carbons (Fsp3) is 0.385. The molecule has 0 amide bonds. The van der Waals surface area contributed by atoms with Crippen LogP contribution in [0.2, 0.25) is 0 Å². The number of carboxylic acids is 1. The molecule has 0 radical (unpaired) electrons. The Bertz CT molecular complexity index is 461. The van der Waals surface area contributed by atoms with Crippen LogP contribution < -0.4 is 5.32 Å². The van der Waals surface area contributed by atoms with Gasteiger partial charge in [-0.3, -0.25) is 0 Å². The highest BCUT2D eigenvalue weighted by Crippen LogP contribution is 2.19. The van der Waals surface area contributed by atoms with Crippen molar-refractivity contribution >= 4 is 11.7 Å². The largest absolute Gasteiger partial charge is 0.480 e. The summed E-state index contributed by atoms with van der Waals surface area (Å²) >= 11 is 0. The molecule has 0 aliphatic carbocycles. The number of hydrogen-bond donors (Lipinski definition) is 2. The molecule has 0 aliphatic heterocycles. The zero-order valence-corrected chi connectivity index (χ0v) is 10.2. The van der Waals surface area contributed by atoms with Crippen molar-refractivity contribution in [1.29, 1.82) is 5.26 Å². The molecule has 4 heteroatoms. The summed E-state index contributed by atoms with van der Waals surface area (Å²) in [4.78, 5) is 11.1. The molecule has 1 aromatic carbocycles. The third-order valence-electron chi connectivity index (χ3n) is 2.61. The quantitative estimate of drug-likeness (QED) is 0.836. The third-order valence-corrected chi connectivity index (χ3v) is 2.61. The number of aliphatic carboxylic acids is 1. The van der Waals surface area contributed by atoms with Crippen molar-refractivity contribution in [3.8, 4) is 6.07 Å². The molecule has 4 nitrogen and oxygen atoms in total. The second-order valence-electron chi connectivity index (χ2n) is 4.35. The first-order chi connectivity index (χ1) is 7.95. The number of nitrogens with zero attached hydrogens (tertiary/aromatic N) is 1. The monoisotopic (exact) mass is 232 g/mol. The van der Waals surface area contributed by atoms with Gasteiger partial charge in [-0.15, -0.1) is 0 Å². The first-order valence-corrected chi connectivity index (χ1v) is 5.45. The fourth-order valence-corrected chi connectivity index (χ4v) is 1.53. The van der Waals surface area contributed by atoms with Gasteiger partial charge in [-0.25, -0.2) is 4.79 Å². The maximum atomic E-state index is 11.1. The standard InChI is InChI=1S/C13H16N2O2/c1-8(2)12(13(16)17)15-11-6-10(7-14)5-4-9(11)3/h4-6,8,12,15H,1-3H3,(H,16,17). The lowest BCUT2D eigenvalue weighted by atomic mass is 10.0. The number of benzene rings is 1. The highest BCUT2D eigenvalue weighted by atomic mass is 16.4. The van der Waals surface area contributed by atoms with E-state index in [9.17, 15) is 4.79 Å². The lowest BCUT2D eigenvalue weighted by molar-refractivity contribution is -0.138. The summed E-state index contributed by atoms with van der Waals surface area (Å²) in [5, 5.41) is 20.9. The normalized spacial score (nSPS) is 11.9. The van der Waals surface area contributed by atoms with E-state index in [0.29, 0.717) is 11.3 Å². The van der Waals surface area contributed by atoms with Crippen LogP contribution in [0.3, 0.4) is 0 Å². The second-order valence-corrected chi connectivity index (χ2v) is 4.35. The van der Waals surface area contributed by atoms with Crippen LogP contribution in [0.4, 0.5) is 5.69 Å². The van der Waals surface area contributed by atoms with Gasteiger partial charge in [0, 0.05) is 5.69 Å². The predicted molar refractivity (Wildman–Crippen MR) is 65.8 cm³/mol. The summed E-state index contributed by atoms with van der Waals surface area (Å²) in [5.41, 5.74) is 2.15. The number of nitrogens with one attached hydrogen (secondary N) is 1. The van der Waals surface area contributed by atoms with Crippen LogP contribution in [-0.2, 0) is 4.79 Å². The van der Waals surface area contributed by atoms with Crippen molar-refractivity contribution in [2.45, 2.75) is 26.8 Å². The number of rotatable bonds is 4. The fourth-order valence-electron chi connectivity index (χ4n) is 1.53. The van der Waals surface area contributed by atoms with Gasteiger partial charge in [0.2, 0.25) is 0 Å². The molecular formula is C13H16N2O2. The summed E-state index contributed by atoms with van der Waals surface area (Å²) in [5.74, 6) is -0.917. The summed E-state index contributed by atoms with van der Waals surface area (Å²) in [6, 6.07) is 6.58. The summed E-state index contributed by atoms with van der Waals surface area (Å²) in [6.45, 7) is 5.56. The van der Waals surface area contributed by atoms with Crippen LogP contribution >= 0.6 is 0 Å². The van der Waals surface area contributed by atoms with E-state index in [4.69, 9.17) is 10.4 Å². The van der Waals surface area contributed by atoms with E-state index < -0.39 is 12.0 Å². The zero-order chi connectivity index (χ0) is 13.0. The maximum absolute atomic E-state index is 11.1. The van der Waals surface area contributed by atoms with E-state index in [2.05, 4.69) is 5.32 Å². The molecule has 0 aliphatic rings. The summed E-state index contributed by atoms with van der Waals surface area (Å²) < 4.78 is 0. The van der Waals surface area contributed by atoms with Gasteiger partial charge in [0.25, 0.3) is 0 Å². The minimum Gasteiger partial charge on any atom is -0.480 e. The molecule has 1 atom stereocenters. The van der Waals surface area contributed by atoms with Gasteiger partial charge in [-0.2, -0.15) is 5.26 Å². The van der Waals surface area contributed by atoms with E-state index in [-0.39, 0.29) is 5.92 Å². The number of anilines is 1. The molecule has 0 saturated heterocycles. The van der Waals surface area contributed by atoms with Crippen LogP contribution in [0.1, 0.15) is 25.0 Å². The topological polar surface area (TPSA) is 73.1 Å². The molecule has 0 aromatic heterocycles. The second kappa shape index (κ2) is 5.35. The Morgan fingerprint density at radius 2 is 2.12 bits per heavy atom. The van der Waals surface area contributed by atoms with Gasteiger partial charge >= 0.3 is 5.97 Å².